The van der Waals surface area contributed by atoms with Crippen molar-refractivity contribution in [3.63, 3.8) is 0 Å². The molecule has 22 heavy (non-hydrogen) atoms. The Kier molecular flexibility index (Phi) is 4.16. The Balaban J connectivity index is 1.68. The van der Waals surface area contributed by atoms with Crippen LogP contribution in [0.3, 0.4) is 0 Å². The molecule has 0 amide bonds. The monoisotopic (exact) mass is 296 g/mol. The average Bonchev–Trinajstić information content (AvgIpc) is 3.02. The Morgan fingerprint density at radius 2 is 1.86 bits per heavy atom. The first-order valence-corrected chi connectivity index (χ1v) is 6.97. The predicted molar refractivity (Wildman–Crippen MR) is 81.2 cm³/mol. The maximum Gasteiger partial charge on any atom is 0.258 e. The molecule has 0 fully saturated rings. The van der Waals surface area contributed by atoms with Crippen LogP contribution in [0.1, 0.15) is 17.0 Å². The number of aliphatic hydroxyl groups excluding tert-OH is 1. The van der Waals surface area contributed by atoms with E-state index in [1.807, 2.05) is 43.3 Å². The van der Waals surface area contributed by atoms with Crippen LogP contribution < -0.4 is 4.74 Å². The van der Waals surface area contributed by atoms with Crippen molar-refractivity contribution in [3.05, 3.63) is 65.5 Å². The average molecular weight is 296 g/mol. The first-order chi connectivity index (χ1) is 10.8. The second-order valence-corrected chi connectivity index (χ2v) is 4.92. The third kappa shape index (κ3) is 3.15. The van der Waals surface area contributed by atoms with Crippen molar-refractivity contribution in [1.29, 1.82) is 0 Å². The summed E-state index contributed by atoms with van der Waals surface area (Å²) in [5.74, 6) is 1.68. The molecule has 0 unspecified atom stereocenters. The van der Waals surface area contributed by atoms with Gasteiger partial charge in [-0.2, -0.15) is 4.98 Å². The highest BCUT2D eigenvalue weighted by atomic mass is 16.5. The quantitative estimate of drug-likeness (QED) is 0.783. The van der Waals surface area contributed by atoms with Crippen molar-refractivity contribution in [2.75, 3.05) is 0 Å². The summed E-state index contributed by atoms with van der Waals surface area (Å²) in [4.78, 5) is 4.35. The van der Waals surface area contributed by atoms with Crippen LogP contribution in [0.4, 0.5) is 0 Å². The van der Waals surface area contributed by atoms with E-state index in [1.165, 1.54) is 0 Å². The van der Waals surface area contributed by atoms with Crippen LogP contribution >= 0.6 is 0 Å². The number of hydrogen-bond acceptors (Lipinski definition) is 5. The Labute approximate surface area is 128 Å². The van der Waals surface area contributed by atoms with E-state index in [1.54, 1.807) is 12.1 Å². The SMILES string of the molecule is Cc1ccccc1-c1nc(COc2ccc(CO)cc2)no1. The van der Waals surface area contributed by atoms with Crippen molar-refractivity contribution in [3.8, 4) is 17.2 Å². The van der Waals surface area contributed by atoms with Crippen LogP contribution in [0.5, 0.6) is 5.75 Å². The number of aliphatic hydroxyl groups is 1. The van der Waals surface area contributed by atoms with Gasteiger partial charge in [0.15, 0.2) is 6.61 Å². The van der Waals surface area contributed by atoms with E-state index < -0.39 is 0 Å². The highest BCUT2D eigenvalue weighted by molar-refractivity contribution is 5.57. The number of aromatic nitrogens is 2. The number of benzene rings is 2. The van der Waals surface area contributed by atoms with Gasteiger partial charge in [-0.3, -0.25) is 0 Å². The van der Waals surface area contributed by atoms with Gasteiger partial charge in [0.05, 0.1) is 6.61 Å². The Hall–Kier alpha value is -2.66. The van der Waals surface area contributed by atoms with Crippen LogP contribution in [-0.2, 0) is 13.2 Å². The zero-order chi connectivity index (χ0) is 15.4. The Morgan fingerprint density at radius 1 is 1.09 bits per heavy atom. The Bertz CT molecular complexity index is 751. The second-order valence-electron chi connectivity index (χ2n) is 4.92. The molecule has 5 heteroatoms. The molecular formula is C17H16N2O3. The summed E-state index contributed by atoms with van der Waals surface area (Å²) in [6.45, 7) is 2.25. The van der Waals surface area contributed by atoms with Crippen LogP contribution in [0, 0.1) is 6.92 Å². The van der Waals surface area contributed by atoms with Crippen molar-refractivity contribution < 1.29 is 14.4 Å². The minimum absolute atomic E-state index is 0.0188. The number of nitrogens with zero attached hydrogens (tertiary/aromatic N) is 2. The lowest BCUT2D eigenvalue weighted by atomic mass is 10.1. The van der Waals surface area contributed by atoms with Crippen molar-refractivity contribution in [2.45, 2.75) is 20.1 Å². The molecule has 0 aliphatic heterocycles. The molecule has 3 rings (SSSR count). The van der Waals surface area contributed by atoms with E-state index in [9.17, 15) is 0 Å². The van der Waals surface area contributed by atoms with Gasteiger partial charge in [0, 0.05) is 5.56 Å². The second kappa shape index (κ2) is 6.41. The fraction of sp³-hybridized carbons (Fsp3) is 0.176. The molecule has 3 aromatic rings. The van der Waals surface area contributed by atoms with Crippen LogP contribution in [0.2, 0.25) is 0 Å². The topological polar surface area (TPSA) is 68.4 Å². The minimum atomic E-state index is 0.0188. The van der Waals surface area contributed by atoms with Crippen molar-refractivity contribution in [2.24, 2.45) is 0 Å². The standard InChI is InChI=1S/C17H16N2O3/c1-12-4-2-3-5-15(12)17-18-16(19-22-17)11-21-14-8-6-13(10-20)7-9-14/h2-9,20H,10-11H2,1H3. The highest BCUT2D eigenvalue weighted by Crippen LogP contribution is 2.21. The molecule has 0 bridgehead atoms. The summed E-state index contributed by atoms with van der Waals surface area (Å²) in [6.07, 6.45) is 0. The predicted octanol–water partition coefficient (Wildman–Crippen LogP) is 3.12. The minimum Gasteiger partial charge on any atom is -0.485 e. The molecule has 0 radical (unpaired) electrons. The molecule has 0 spiro atoms. The lowest BCUT2D eigenvalue weighted by molar-refractivity contribution is 0.279. The molecule has 0 aliphatic rings. The molecule has 0 saturated heterocycles. The zero-order valence-corrected chi connectivity index (χ0v) is 12.2. The van der Waals surface area contributed by atoms with Gasteiger partial charge in [-0.25, -0.2) is 0 Å². The van der Waals surface area contributed by atoms with E-state index in [2.05, 4.69) is 10.1 Å². The maximum atomic E-state index is 9.00. The largest absolute Gasteiger partial charge is 0.485 e. The smallest absolute Gasteiger partial charge is 0.258 e. The third-order valence-corrected chi connectivity index (χ3v) is 3.32. The molecule has 1 heterocycles. The summed E-state index contributed by atoms with van der Waals surface area (Å²) in [7, 11) is 0. The summed E-state index contributed by atoms with van der Waals surface area (Å²) in [5.41, 5.74) is 2.85. The molecule has 0 atom stereocenters. The molecule has 5 nitrogen and oxygen atoms in total. The first kappa shape index (κ1) is 14.3. The van der Waals surface area contributed by atoms with Gasteiger partial charge in [-0.05, 0) is 36.2 Å². The molecule has 0 saturated carbocycles. The molecule has 1 N–H and O–H groups in total. The van der Waals surface area contributed by atoms with Gasteiger partial charge in [-0.15, -0.1) is 0 Å². The van der Waals surface area contributed by atoms with E-state index >= 15 is 0 Å². The van der Waals surface area contributed by atoms with Gasteiger partial charge in [0.25, 0.3) is 5.89 Å². The molecule has 1 aromatic heterocycles. The number of rotatable bonds is 5. The van der Waals surface area contributed by atoms with Crippen LogP contribution in [0.15, 0.2) is 53.1 Å². The summed E-state index contributed by atoms with van der Waals surface area (Å²) < 4.78 is 10.9. The van der Waals surface area contributed by atoms with Gasteiger partial charge < -0.3 is 14.4 Å². The molecule has 0 aliphatic carbocycles. The van der Waals surface area contributed by atoms with Gasteiger partial charge in [0.2, 0.25) is 5.82 Å². The number of hydrogen-bond donors (Lipinski definition) is 1. The highest BCUT2D eigenvalue weighted by Gasteiger charge is 2.11. The zero-order valence-electron chi connectivity index (χ0n) is 12.2. The molecule has 2 aromatic carbocycles. The van der Waals surface area contributed by atoms with E-state index in [0.29, 0.717) is 17.5 Å². The molecular weight excluding hydrogens is 280 g/mol. The summed E-state index contributed by atoms with van der Waals surface area (Å²) in [6, 6.07) is 15.1. The van der Waals surface area contributed by atoms with Crippen LogP contribution in [0.25, 0.3) is 11.5 Å². The van der Waals surface area contributed by atoms with Crippen LogP contribution in [-0.4, -0.2) is 15.2 Å². The van der Waals surface area contributed by atoms with Gasteiger partial charge >= 0.3 is 0 Å². The summed E-state index contributed by atoms with van der Waals surface area (Å²) in [5, 5.41) is 12.9. The third-order valence-electron chi connectivity index (χ3n) is 3.32. The van der Waals surface area contributed by atoms with E-state index in [0.717, 1.165) is 16.7 Å². The summed E-state index contributed by atoms with van der Waals surface area (Å²) >= 11 is 0. The first-order valence-electron chi connectivity index (χ1n) is 6.97. The van der Waals surface area contributed by atoms with Gasteiger partial charge in [0.1, 0.15) is 5.75 Å². The lowest BCUT2D eigenvalue weighted by Gasteiger charge is -2.03. The van der Waals surface area contributed by atoms with Crippen molar-refractivity contribution in [1.82, 2.24) is 10.1 Å². The maximum absolute atomic E-state index is 9.00. The van der Waals surface area contributed by atoms with E-state index in [4.69, 9.17) is 14.4 Å². The fourth-order valence-electron chi connectivity index (χ4n) is 2.07. The normalized spacial score (nSPS) is 10.6. The van der Waals surface area contributed by atoms with Crippen molar-refractivity contribution >= 4 is 0 Å². The van der Waals surface area contributed by atoms with E-state index in [-0.39, 0.29) is 13.2 Å². The lowest BCUT2D eigenvalue weighted by Crippen LogP contribution is -1.97. The number of ether oxygens (including phenoxy) is 1. The fourth-order valence-corrected chi connectivity index (χ4v) is 2.07. The number of aryl methyl sites for hydroxylation is 1. The molecule has 112 valence electrons. The Morgan fingerprint density at radius 3 is 2.59 bits per heavy atom. The van der Waals surface area contributed by atoms with Gasteiger partial charge in [-0.1, -0.05) is 35.5 Å².